The van der Waals surface area contributed by atoms with E-state index in [1.807, 2.05) is 0 Å². The second-order valence-electron chi connectivity index (χ2n) is 3.99. The predicted octanol–water partition coefficient (Wildman–Crippen LogP) is 3.69. The van der Waals surface area contributed by atoms with Crippen LogP contribution in [0.5, 0.6) is 0 Å². The molecule has 1 aromatic carbocycles. The fraction of sp³-hybridized carbons (Fsp3) is 0.455. The molecule has 0 fully saturated rings. The van der Waals surface area contributed by atoms with Crippen LogP contribution in [0, 0.1) is 0 Å². The van der Waals surface area contributed by atoms with E-state index < -0.39 is 11.7 Å². The van der Waals surface area contributed by atoms with Gasteiger partial charge in [0.15, 0.2) is 0 Å². The number of nitrogens with two attached hydrogens (primary N) is 1. The average molecular weight is 250 g/mol. The summed E-state index contributed by atoms with van der Waals surface area (Å²) in [6, 6.07) is 2.28. The van der Waals surface area contributed by atoms with Crippen molar-refractivity contribution in [3.05, 3.63) is 33.8 Å². The summed E-state index contributed by atoms with van der Waals surface area (Å²) in [6.07, 6.45) is -2.23. The zero-order valence-electron chi connectivity index (χ0n) is 8.44. The van der Waals surface area contributed by atoms with Gasteiger partial charge in [0, 0.05) is 6.04 Å². The van der Waals surface area contributed by atoms with Crippen LogP contribution in [0.25, 0.3) is 0 Å². The highest BCUT2D eigenvalue weighted by atomic mass is 35.5. The maximum atomic E-state index is 12.6. The first-order valence-corrected chi connectivity index (χ1v) is 5.43. The maximum absolute atomic E-state index is 12.6. The molecule has 1 aromatic rings. The van der Waals surface area contributed by atoms with Crippen molar-refractivity contribution in [3.63, 3.8) is 0 Å². The van der Waals surface area contributed by atoms with Crippen LogP contribution in [0.1, 0.15) is 35.6 Å². The lowest BCUT2D eigenvalue weighted by atomic mass is 9.87. The van der Waals surface area contributed by atoms with E-state index in [0.717, 1.165) is 24.5 Å². The molecule has 0 aliphatic heterocycles. The first-order valence-electron chi connectivity index (χ1n) is 5.05. The highest BCUT2D eigenvalue weighted by molar-refractivity contribution is 6.32. The number of fused-ring (bicyclic) bond motifs is 1. The standard InChI is InChI=1S/C11H11ClF3N/c12-10-7-2-1-3-9(16)6(7)4-5-8(10)11(13,14)15/h4-5,9H,1-3,16H2. The minimum atomic E-state index is -4.40. The van der Waals surface area contributed by atoms with Crippen molar-refractivity contribution >= 4 is 11.6 Å². The van der Waals surface area contributed by atoms with Crippen LogP contribution < -0.4 is 5.73 Å². The molecule has 1 aliphatic rings. The summed E-state index contributed by atoms with van der Waals surface area (Å²) < 4.78 is 37.8. The number of benzene rings is 1. The van der Waals surface area contributed by atoms with Crippen LogP contribution in [-0.4, -0.2) is 0 Å². The van der Waals surface area contributed by atoms with E-state index in [1.54, 1.807) is 0 Å². The number of hydrogen-bond donors (Lipinski definition) is 1. The van der Waals surface area contributed by atoms with Crippen LogP contribution in [0.15, 0.2) is 12.1 Å². The quantitative estimate of drug-likeness (QED) is 0.746. The van der Waals surface area contributed by atoms with Crippen molar-refractivity contribution in [1.82, 2.24) is 0 Å². The van der Waals surface area contributed by atoms with E-state index in [-0.39, 0.29) is 11.1 Å². The molecule has 0 aromatic heterocycles. The molecule has 0 saturated carbocycles. The van der Waals surface area contributed by atoms with Gasteiger partial charge < -0.3 is 5.73 Å². The molecule has 2 rings (SSSR count). The van der Waals surface area contributed by atoms with Crippen molar-refractivity contribution in [2.45, 2.75) is 31.5 Å². The van der Waals surface area contributed by atoms with Crippen molar-refractivity contribution < 1.29 is 13.2 Å². The Morgan fingerprint density at radius 1 is 1.31 bits per heavy atom. The summed E-state index contributed by atoms with van der Waals surface area (Å²) in [6.45, 7) is 0. The Balaban J connectivity index is 2.55. The van der Waals surface area contributed by atoms with Gasteiger partial charge in [-0.1, -0.05) is 17.7 Å². The Kier molecular flexibility index (Phi) is 2.88. The Bertz CT molecular complexity index is 414. The van der Waals surface area contributed by atoms with Crippen LogP contribution in [0.3, 0.4) is 0 Å². The first kappa shape index (κ1) is 11.7. The summed E-state index contributed by atoms with van der Waals surface area (Å²) >= 11 is 5.80. The van der Waals surface area contributed by atoms with E-state index in [9.17, 15) is 13.2 Å². The molecule has 0 amide bonds. The van der Waals surface area contributed by atoms with Crippen molar-refractivity contribution in [1.29, 1.82) is 0 Å². The van der Waals surface area contributed by atoms with Gasteiger partial charge in [0.05, 0.1) is 10.6 Å². The first-order chi connectivity index (χ1) is 7.41. The molecular formula is C11H11ClF3N. The lowest BCUT2D eigenvalue weighted by Crippen LogP contribution is -2.19. The van der Waals surface area contributed by atoms with Gasteiger partial charge in [0.2, 0.25) is 0 Å². The van der Waals surface area contributed by atoms with Crippen LogP contribution in [-0.2, 0) is 12.6 Å². The molecule has 5 heteroatoms. The van der Waals surface area contributed by atoms with Gasteiger partial charge in [-0.25, -0.2) is 0 Å². The average Bonchev–Trinajstić information content (AvgIpc) is 2.18. The predicted molar refractivity (Wildman–Crippen MR) is 56.3 cm³/mol. The van der Waals surface area contributed by atoms with E-state index in [2.05, 4.69) is 0 Å². The molecule has 1 unspecified atom stereocenters. The summed E-state index contributed by atoms with van der Waals surface area (Å²) in [4.78, 5) is 0. The van der Waals surface area contributed by atoms with Gasteiger partial charge in [0.1, 0.15) is 0 Å². The molecule has 0 heterocycles. The topological polar surface area (TPSA) is 26.0 Å². The van der Waals surface area contributed by atoms with Crippen LogP contribution >= 0.6 is 11.6 Å². The second-order valence-corrected chi connectivity index (χ2v) is 4.37. The molecule has 1 aliphatic carbocycles. The molecule has 16 heavy (non-hydrogen) atoms. The third-order valence-corrected chi connectivity index (χ3v) is 3.36. The fourth-order valence-corrected chi connectivity index (χ4v) is 2.48. The van der Waals surface area contributed by atoms with Crippen LogP contribution in [0.2, 0.25) is 5.02 Å². The summed E-state index contributed by atoms with van der Waals surface area (Å²) in [7, 11) is 0. The number of rotatable bonds is 0. The maximum Gasteiger partial charge on any atom is 0.417 e. The van der Waals surface area contributed by atoms with Gasteiger partial charge >= 0.3 is 6.18 Å². The highest BCUT2D eigenvalue weighted by Crippen LogP contribution is 2.41. The number of alkyl halides is 3. The lowest BCUT2D eigenvalue weighted by Gasteiger charge is -2.24. The minimum absolute atomic E-state index is 0.180. The minimum Gasteiger partial charge on any atom is -0.324 e. The third-order valence-electron chi connectivity index (χ3n) is 2.93. The Morgan fingerprint density at radius 2 is 2.00 bits per heavy atom. The fourth-order valence-electron chi connectivity index (χ4n) is 2.11. The van der Waals surface area contributed by atoms with Crippen molar-refractivity contribution in [3.8, 4) is 0 Å². The Morgan fingerprint density at radius 3 is 2.62 bits per heavy atom. The zero-order chi connectivity index (χ0) is 11.9. The molecule has 0 bridgehead atoms. The molecule has 88 valence electrons. The molecule has 0 spiro atoms. The molecule has 0 saturated heterocycles. The summed E-state index contributed by atoms with van der Waals surface area (Å²) in [5.74, 6) is 0. The molecular weight excluding hydrogens is 239 g/mol. The van der Waals surface area contributed by atoms with E-state index in [4.69, 9.17) is 17.3 Å². The third kappa shape index (κ3) is 1.92. The zero-order valence-corrected chi connectivity index (χ0v) is 9.20. The van der Waals surface area contributed by atoms with E-state index >= 15 is 0 Å². The largest absolute Gasteiger partial charge is 0.417 e. The molecule has 1 nitrogen and oxygen atoms in total. The number of halogens is 4. The van der Waals surface area contributed by atoms with Gasteiger partial charge in [-0.05, 0) is 36.5 Å². The molecule has 2 N–H and O–H groups in total. The van der Waals surface area contributed by atoms with Crippen molar-refractivity contribution in [2.24, 2.45) is 5.73 Å². The normalized spacial score (nSPS) is 20.7. The Labute approximate surface area is 96.4 Å². The van der Waals surface area contributed by atoms with Crippen molar-refractivity contribution in [2.75, 3.05) is 0 Å². The smallest absolute Gasteiger partial charge is 0.324 e. The highest BCUT2D eigenvalue weighted by Gasteiger charge is 2.35. The number of hydrogen-bond acceptors (Lipinski definition) is 1. The van der Waals surface area contributed by atoms with Gasteiger partial charge in [-0.2, -0.15) is 13.2 Å². The summed E-state index contributed by atoms with van der Waals surface area (Å²) in [5, 5.41) is -0.180. The van der Waals surface area contributed by atoms with Crippen LogP contribution in [0.4, 0.5) is 13.2 Å². The summed E-state index contributed by atoms with van der Waals surface area (Å²) in [5.41, 5.74) is 6.39. The van der Waals surface area contributed by atoms with Gasteiger partial charge in [0.25, 0.3) is 0 Å². The van der Waals surface area contributed by atoms with E-state index in [1.165, 1.54) is 6.07 Å². The van der Waals surface area contributed by atoms with Gasteiger partial charge in [-0.15, -0.1) is 0 Å². The molecule has 1 atom stereocenters. The monoisotopic (exact) mass is 249 g/mol. The lowest BCUT2D eigenvalue weighted by molar-refractivity contribution is -0.137. The Hall–Kier alpha value is -0.740. The SMILES string of the molecule is NC1CCCc2c1ccc(C(F)(F)F)c2Cl. The van der Waals surface area contributed by atoms with Gasteiger partial charge in [-0.3, -0.25) is 0 Å². The molecule has 0 radical (unpaired) electrons. The second kappa shape index (κ2) is 3.93. The van der Waals surface area contributed by atoms with E-state index in [0.29, 0.717) is 12.0 Å².